The van der Waals surface area contributed by atoms with Crippen LogP contribution in [0, 0.1) is 0 Å². The van der Waals surface area contributed by atoms with Gasteiger partial charge in [0.05, 0.1) is 0 Å². The molecule has 36 heavy (non-hydrogen) atoms. The average molecular weight is 485 g/mol. The van der Waals surface area contributed by atoms with Crippen molar-refractivity contribution in [1.29, 1.82) is 0 Å². The van der Waals surface area contributed by atoms with Gasteiger partial charge in [-0.15, -0.1) is 0 Å². The molecule has 0 amide bonds. The molecule has 0 unspecified atom stereocenters. The van der Waals surface area contributed by atoms with Crippen LogP contribution in [-0.4, -0.2) is 46.6 Å². The van der Waals surface area contributed by atoms with Gasteiger partial charge in [0.15, 0.2) is 0 Å². The number of phenolic OH excluding ortho intramolecular Hbond substituents is 2. The van der Waals surface area contributed by atoms with E-state index in [0.29, 0.717) is 39.6 Å². The van der Waals surface area contributed by atoms with Crippen molar-refractivity contribution in [3.05, 3.63) is 120 Å². The molecule has 4 rings (SSSR count). The van der Waals surface area contributed by atoms with Gasteiger partial charge in [-0.2, -0.15) is 0 Å². The highest BCUT2D eigenvalue weighted by atomic mass is 16.5. The van der Waals surface area contributed by atoms with Crippen molar-refractivity contribution in [2.75, 3.05) is 26.6 Å². The Morgan fingerprint density at radius 3 is 1.22 bits per heavy atom. The van der Waals surface area contributed by atoms with E-state index < -0.39 is 0 Å². The van der Waals surface area contributed by atoms with Crippen molar-refractivity contribution in [3.63, 3.8) is 0 Å². The third-order valence-corrected chi connectivity index (χ3v) is 5.82. The van der Waals surface area contributed by atoms with Crippen LogP contribution in [0.1, 0.15) is 11.1 Å². The lowest BCUT2D eigenvalue weighted by Crippen LogP contribution is -2.38. The Labute approximate surface area is 212 Å². The maximum Gasteiger partial charge on any atom is 0.142 e. The Balaban J connectivity index is 1.45. The molecule has 0 aromatic heterocycles. The first-order valence-electron chi connectivity index (χ1n) is 12.0. The van der Waals surface area contributed by atoms with Gasteiger partial charge < -0.3 is 19.7 Å². The van der Waals surface area contributed by atoms with Gasteiger partial charge in [0, 0.05) is 37.3 Å². The molecule has 0 spiro atoms. The molecular weight excluding hydrogens is 452 g/mol. The zero-order chi connectivity index (χ0) is 25.0. The molecule has 6 nitrogen and oxygen atoms in total. The lowest BCUT2D eigenvalue weighted by molar-refractivity contribution is 0.0727. The first-order valence-corrected chi connectivity index (χ1v) is 12.0. The number of rotatable bonds is 13. The molecule has 0 aliphatic heterocycles. The topological polar surface area (TPSA) is 65.4 Å². The SMILES string of the molecule is Oc1ccccc1CN(CCN(COc1ccccc1)Cc1ccccc1O)COc1ccccc1. The molecule has 0 atom stereocenters. The lowest BCUT2D eigenvalue weighted by Gasteiger charge is -2.28. The number of para-hydroxylation sites is 4. The van der Waals surface area contributed by atoms with E-state index >= 15 is 0 Å². The summed E-state index contributed by atoms with van der Waals surface area (Å²) in [7, 11) is 0. The van der Waals surface area contributed by atoms with Crippen LogP contribution < -0.4 is 9.47 Å². The molecule has 6 heteroatoms. The van der Waals surface area contributed by atoms with Crippen LogP contribution >= 0.6 is 0 Å². The maximum absolute atomic E-state index is 10.3. The van der Waals surface area contributed by atoms with E-state index in [0.717, 1.165) is 22.6 Å². The van der Waals surface area contributed by atoms with E-state index in [2.05, 4.69) is 9.80 Å². The van der Waals surface area contributed by atoms with E-state index in [-0.39, 0.29) is 11.5 Å². The van der Waals surface area contributed by atoms with Crippen molar-refractivity contribution in [2.45, 2.75) is 13.1 Å². The number of benzene rings is 4. The van der Waals surface area contributed by atoms with Gasteiger partial charge in [0.2, 0.25) is 0 Å². The number of aromatic hydroxyl groups is 2. The minimum absolute atomic E-state index is 0.265. The molecule has 0 aliphatic rings. The number of phenols is 2. The van der Waals surface area contributed by atoms with Crippen LogP contribution in [0.3, 0.4) is 0 Å². The second-order valence-corrected chi connectivity index (χ2v) is 8.54. The average Bonchev–Trinajstić information content (AvgIpc) is 2.92. The molecule has 0 aliphatic carbocycles. The molecule has 4 aromatic carbocycles. The Bertz CT molecular complexity index is 1090. The van der Waals surface area contributed by atoms with Gasteiger partial charge in [-0.25, -0.2) is 0 Å². The summed E-state index contributed by atoms with van der Waals surface area (Å²) in [6.45, 7) is 3.11. The quantitative estimate of drug-likeness (QED) is 0.245. The monoisotopic (exact) mass is 484 g/mol. The molecular formula is C30H32N2O4. The maximum atomic E-state index is 10.3. The third kappa shape index (κ3) is 7.77. The minimum Gasteiger partial charge on any atom is -0.508 e. The van der Waals surface area contributed by atoms with Crippen molar-refractivity contribution >= 4 is 0 Å². The smallest absolute Gasteiger partial charge is 0.142 e. The molecule has 0 saturated heterocycles. The predicted molar refractivity (Wildman–Crippen MR) is 141 cm³/mol. The van der Waals surface area contributed by atoms with Crippen LogP contribution in [0.25, 0.3) is 0 Å². The Kier molecular flexibility index (Phi) is 9.19. The van der Waals surface area contributed by atoms with Crippen LogP contribution in [-0.2, 0) is 13.1 Å². The molecule has 0 saturated carbocycles. The van der Waals surface area contributed by atoms with Crippen molar-refractivity contribution in [2.24, 2.45) is 0 Å². The molecule has 0 heterocycles. The number of hydrogen-bond acceptors (Lipinski definition) is 6. The largest absolute Gasteiger partial charge is 0.508 e. The second kappa shape index (κ2) is 13.2. The Morgan fingerprint density at radius 2 is 0.833 bits per heavy atom. The van der Waals surface area contributed by atoms with E-state index in [4.69, 9.17) is 9.47 Å². The summed E-state index contributed by atoms with van der Waals surface area (Å²) < 4.78 is 12.1. The van der Waals surface area contributed by atoms with Crippen molar-refractivity contribution in [3.8, 4) is 23.0 Å². The fourth-order valence-electron chi connectivity index (χ4n) is 3.80. The van der Waals surface area contributed by atoms with Crippen molar-refractivity contribution in [1.82, 2.24) is 9.80 Å². The Hall–Kier alpha value is -4.00. The second-order valence-electron chi connectivity index (χ2n) is 8.54. The lowest BCUT2D eigenvalue weighted by atomic mass is 10.2. The number of nitrogens with zero attached hydrogens (tertiary/aromatic N) is 2. The fourth-order valence-corrected chi connectivity index (χ4v) is 3.80. The Morgan fingerprint density at radius 1 is 0.472 bits per heavy atom. The van der Waals surface area contributed by atoms with Crippen LogP contribution in [0.15, 0.2) is 109 Å². The zero-order valence-electron chi connectivity index (χ0n) is 20.2. The zero-order valence-corrected chi connectivity index (χ0v) is 20.2. The van der Waals surface area contributed by atoms with Gasteiger partial charge in [-0.1, -0.05) is 72.8 Å². The third-order valence-electron chi connectivity index (χ3n) is 5.82. The highest BCUT2D eigenvalue weighted by Gasteiger charge is 2.15. The van der Waals surface area contributed by atoms with E-state index in [1.165, 1.54) is 0 Å². The van der Waals surface area contributed by atoms with Crippen LogP contribution in [0.2, 0.25) is 0 Å². The van der Waals surface area contributed by atoms with Crippen LogP contribution in [0.4, 0.5) is 0 Å². The summed E-state index contributed by atoms with van der Waals surface area (Å²) in [5.74, 6) is 2.11. The summed E-state index contributed by atoms with van der Waals surface area (Å²) >= 11 is 0. The van der Waals surface area contributed by atoms with Crippen LogP contribution in [0.5, 0.6) is 23.0 Å². The minimum atomic E-state index is 0.265. The van der Waals surface area contributed by atoms with Gasteiger partial charge >= 0.3 is 0 Å². The molecule has 4 aromatic rings. The summed E-state index contributed by atoms with van der Waals surface area (Å²) in [4.78, 5) is 4.28. The molecule has 0 radical (unpaired) electrons. The summed E-state index contributed by atoms with van der Waals surface area (Å²) in [5, 5.41) is 20.7. The highest BCUT2D eigenvalue weighted by Crippen LogP contribution is 2.20. The van der Waals surface area contributed by atoms with Gasteiger partial charge in [0.25, 0.3) is 0 Å². The number of ether oxygens (including phenoxy) is 2. The van der Waals surface area contributed by atoms with E-state index in [1.807, 2.05) is 97.1 Å². The normalized spacial score (nSPS) is 11.1. The predicted octanol–water partition coefficient (Wildman–Crippen LogP) is 5.48. The first-order chi connectivity index (χ1) is 17.7. The van der Waals surface area contributed by atoms with Gasteiger partial charge in [-0.3, -0.25) is 9.80 Å². The summed E-state index contributed by atoms with van der Waals surface area (Å²) in [5.41, 5.74) is 1.67. The standard InChI is InChI=1S/C30H32N2O4/c33-29-17-9-7-11-25(29)21-31(23-35-27-13-3-1-4-14-27)19-20-32(22-26-12-8-10-18-30(26)34)24-36-28-15-5-2-6-16-28/h1-18,33-34H,19-24H2. The summed E-state index contributed by atoms with van der Waals surface area (Å²) in [6.07, 6.45) is 0. The van der Waals surface area contributed by atoms with E-state index in [1.54, 1.807) is 12.1 Å². The van der Waals surface area contributed by atoms with Gasteiger partial charge in [-0.05, 0) is 36.4 Å². The van der Waals surface area contributed by atoms with Crippen molar-refractivity contribution < 1.29 is 19.7 Å². The molecule has 0 fully saturated rings. The molecule has 2 N–H and O–H groups in total. The molecule has 0 bridgehead atoms. The number of hydrogen-bond donors (Lipinski definition) is 2. The fraction of sp³-hybridized carbons (Fsp3) is 0.200. The van der Waals surface area contributed by atoms with E-state index in [9.17, 15) is 10.2 Å². The summed E-state index contributed by atoms with van der Waals surface area (Å²) in [6, 6.07) is 34.1. The first kappa shape index (κ1) is 25.1. The molecule has 186 valence electrons. The highest BCUT2D eigenvalue weighted by molar-refractivity contribution is 5.32. The van der Waals surface area contributed by atoms with Gasteiger partial charge in [0.1, 0.15) is 36.5 Å².